The highest BCUT2D eigenvalue weighted by Crippen LogP contribution is 2.22. The number of para-hydroxylation sites is 1. The topological polar surface area (TPSA) is 35.1 Å². The van der Waals surface area contributed by atoms with E-state index in [1.54, 1.807) is 6.07 Å². The summed E-state index contributed by atoms with van der Waals surface area (Å²) in [5.41, 5.74) is 1.33. The first-order chi connectivity index (χ1) is 7.24. The van der Waals surface area contributed by atoms with Gasteiger partial charge in [-0.15, -0.1) is 0 Å². The quantitative estimate of drug-likeness (QED) is 0.565. The van der Waals surface area contributed by atoms with Crippen LogP contribution < -0.4 is 5.76 Å². The number of halogens is 2. The normalized spacial score (nSPS) is 10.0. The van der Waals surface area contributed by atoms with Gasteiger partial charge in [-0.25, -0.2) is 4.79 Å². The van der Waals surface area contributed by atoms with Crippen LogP contribution in [0.5, 0.6) is 0 Å². The van der Waals surface area contributed by atoms with E-state index in [0.717, 1.165) is 9.99 Å². The van der Waals surface area contributed by atoms with Gasteiger partial charge in [-0.1, -0.05) is 12.0 Å². The van der Waals surface area contributed by atoms with E-state index in [4.69, 9.17) is 4.42 Å². The van der Waals surface area contributed by atoms with Crippen LogP contribution in [0.4, 0.5) is 0 Å². The maximum atomic E-state index is 11.5. The van der Waals surface area contributed by atoms with Crippen LogP contribution in [0.1, 0.15) is 0 Å². The number of rotatable bonds is 1. The predicted octanol–water partition coefficient (Wildman–Crippen LogP) is 2.75. The summed E-state index contributed by atoms with van der Waals surface area (Å²) >= 11 is 5.32. The van der Waals surface area contributed by atoms with Crippen LogP contribution >= 0.6 is 38.5 Å². The van der Waals surface area contributed by atoms with E-state index in [1.807, 2.05) is 34.7 Å². The van der Waals surface area contributed by atoms with Gasteiger partial charge in [-0.3, -0.25) is 4.57 Å². The van der Waals surface area contributed by atoms with Crippen molar-refractivity contribution in [1.29, 1.82) is 0 Å². The maximum absolute atomic E-state index is 11.5. The standard InChI is InChI=1S/C10H5BrINO2/c11-7-3-1-4-8-9(7)13(6-2-5-12)10(14)15-8/h1,3-4H,6H2. The Bertz CT molecular complexity index is 618. The van der Waals surface area contributed by atoms with Gasteiger partial charge in [0.2, 0.25) is 0 Å². The SMILES string of the molecule is O=c1oc2cccc(Br)c2n1CC#CI. The Hall–Kier alpha value is -0.740. The Kier molecular flexibility index (Phi) is 3.17. The van der Waals surface area contributed by atoms with E-state index in [1.165, 1.54) is 4.57 Å². The van der Waals surface area contributed by atoms with Crippen molar-refractivity contribution in [3.63, 3.8) is 0 Å². The van der Waals surface area contributed by atoms with Gasteiger partial charge in [-0.05, 0) is 32.0 Å². The number of benzene rings is 1. The zero-order valence-electron chi connectivity index (χ0n) is 7.46. The smallest absolute Gasteiger partial charge is 0.408 e. The van der Waals surface area contributed by atoms with Gasteiger partial charge in [0.15, 0.2) is 5.58 Å². The number of fused-ring (bicyclic) bond motifs is 1. The lowest BCUT2D eigenvalue weighted by atomic mass is 10.3. The molecule has 0 unspecified atom stereocenters. The molecule has 3 nitrogen and oxygen atoms in total. The molecule has 0 saturated carbocycles. The van der Waals surface area contributed by atoms with E-state index in [2.05, 4.69) is 25.8 Å². The molecule has 0 spiro atoms. The number of hydrogen-bond donors (Lipinski definition) is 0. The summed E-state index contributed by atoms with van der Waals surface area (Å²) in [7, 11) is 0. The van der Waals surface area contributed by atoms with Gasteiger partial charge in [0.1, 0.15) is 5.52 Å². The van der Waals surface area contributed by atoms with Crippen LogP contribution in [0.25, 0.3) is 11.1 Å². The van der Waals surface area contributed by atoms with Gasteiger partial charge in [0, 0.05) is 27.1 Å². The lowest BCUT2D eigenvalue weighted by Crippen LogP contribution is -2.13. The van der Waals surface area contributed by atoms with Gasteiger partial charge >= 0.3 is 5.76 Å². The maximum Gasteiger partial charge on any atom is 0.420 e. The number of nitrogens with zero attached hydrogens (tertiary/aromatic N) is 1. The third-order valence-corrected chi connectivity index (χ3v) is 2.96. The minimum absolute atomic E-state index is 0.345. The minimum atomic E-state index is -0.379. The van der Waals surface area contributed by atoms with Crippen LogP contribution in [0.15, 0.2) is 31.9 Å². The highest BCUT2D eigenvalue weighted by atomic mass is 127. The molecule has 0 radical (unpaired) electrons. The van der Waals surface area contributed by atoms with Crippen molar-refractivity contribution in [1.82, 2.24) is 4.57 Å². The molecule has 0 fully saturated rings. The first-order valence-corrected chi connectivity index (χ1v) is 5.97. The van der Waals surface area contributed by atoms with Crippen LogP contribution in [-0.2, 0) is 6.54 Å². The van der Waals surface area contributed by atoms with Crippen LogP contribution in [0.3, 0.4) is 0 Å². The predicted molar refractivity (Wildman–Crippen MR) is 70.0 cm³/mol. The summed E-state index contributed by atoms with van der Waals surface area (Å²) in [5, 5.41) is 0. The summed E-state index contributed by atoms with van der Waals surface area (Å²) in [5.74, 6) is 2.45. The summed E-state index contributed by atoms with van der Waals surface area (Å²) in [4.78, 5) is 11.5. The first-order valence-electron chi connectivity index (χ1n) is 4.10. The summed E-state index contributed by atoms with van der Waals surface area (Å²) in [6.07, 6.45) is 0. The van der Waals surface area contributed by atoms with Crippen molar-refractivity contribution < 1.29 is 4.42 Å². The Morgan fingerprint density at radius 1 is 1.53 bits per heavy atom. The molecule has 0 aliphatic carbocycles. The molecule has 2 rings (SSSR count). The number of hydrogen-bond acceptors (Lipinski definition) is 2. The molecule has 2 aromatic rings. The van der Waals surface area contributed by atoms with Crippen molar-refractivity contribution >= 4 is 49.6 Å². The van der Waals surface area contributed by atoms with Gasteiger partial charge in [0.05, 0.1) is 6.54 Å². The highest BCUT2D eigenvalue weighted by Gasteiger charge is 2.10. The minimum Gasteiger partial charge on any atom is -0.408 e. The lowest BCUT2D eigenvalue weighted by molar-refractivity contribution is 0.521. The number of aromatic nitrogens is 1. The molecule has 15 heavy (non-hydrogen) atoms. The molecule has 0 aliphatic rings. The molecule has 1 aromatic carbocycles. The molecule has 76 valence electrons. The van der Waals surface area contributed by atoms with Crippen LogP contribution in [0.2, 0.25) is 0 Å². The van der Waals surface area contributed by atoms with Gasteiger partial charge in [0.25, 0.3) is 0 Å². The Morgan fingerprint density at radius 3 is 3.07 bits per heavy atom. The van der Waals surface area contributed by atoms with Gasteiger partial charge < -0.3 is 4.42 Å². The van der Waals surface area contributed by atoms with E-state index >= 15 is 0 Å². The fourth-order valence-corrected chi connectivity index (χ4v) is 2.07. The molecule has 1 heterocycles. The third kappa shape index (κ3) is 1.96. The molecule has 0 amide bonds. The summed E-state index contributed by atoms with van der Waals surface area (Å²) < 4.78 is 10.1. The van der Waals surface area contributed by atoms with E-state index in [0.29, 0.717) is 12.1 Å². The zero-order valence-corrected chi connectivity index (χ0v) is 11.2. The molecule has 0 N–H and O–H groups in total. The second-order valence-electron chi connectivity index (χ2n) is 2.81. The molecule has 0 aliphatic heterocycles. The monoisotopic (exact) mass is 377 g/mol. The Morgan fingerprint density at radius 2 is 2.33 bits per heavy atom. The summed E-state index contributed by atoms with van der Waals surface area (Å²) in [6, 6.07) is 5.45. The van der Waals surface area contributed by atoms with Crippen LogP contribution in [-0.4, -0.2) is 4.57 Å². The average Bonchev–Trinajstić information content (AvgIpc) is 2.53. The molecule has 0 saturated heterocycles. The summed E-state index contributed by atoms with van der Waals surface area (Å²) in [6.45, 7) is 0.345. The largest absolute Gasteiger partial charge is 0.420 e. The second kappa shape index (κ2) is 4.41. The van der Waals surface area contributed by atoms with E-state index in [-0.39, 0.29) is 5.76 Å². The van der Waals surface area contributed by atoms with Crippen molar-refractivity contribution in [2.75, 3.05) is 0 Å². The molecule has 0 atom stereocenters. The second-order valence-corrected chi connectivity index (χ2v) is 4.21. The number of oxazole rings is 1. The van der Waals surface area contributed by atoms with Crippen molar-refractivity contribution in [3.8, 4) is 9.85 Å². The van der Waals surface area contributed by atoms with Crippen molar-refractivity contribution in [2.45, 2.75) is 6.54 Å². The van der Waals surface area contributed by atoms with E-state index in [9.17, 15) is 4.79 Å². The average molecular weight is 378 g/mol. The zero-order chi connectivity index (χ0) is 10.8. The van der Waals surface area contributed by atoms with Crippen molar-refractivity contribution in [3.05, 3.63) is 33.2 Å². The molecular weight excluding hydrogens is 373 g/mol. The van der Waals surface area contributed by atoms with Crippen LogP contribution in [0, 0.1) is 9.85 Å². The molecule has 5 heteroatoms. The lowest BCUT2D eigenvalue weighted by Gasteiger charge is -1.96. The fourth-order valence-electron chi connectivity index (χ4n) is 1.33. The Balaban J connectivity index is 2.74. The highest BCUT2D eigenvalue weighted by molar-refractivity contribution is 14.1. The molecular formula is C10H5BrINO2. The molecule has 0 bridgehead atoms. The molecule has 1 aromatic heterocycles. The third-order valence-electron chi connectivity index (χ3n) is 1.94. The van der Waals surface area contributed by atoms with E-state index < -0.39 is 0 Å². The first kappa shape index (κ1) is 10.8. The van der Waals surface area contributed by atoms with Crippen molar-refractivity contribution in [2.24, 2.45) is 0 Å². The Labute approximate surface area is 108 Å². The van der Waals surface area contributed by atoms with Gasteiger partial charge in [-0.2, -0.15) is 0 Å². The fraction of sp³-hybridized carbons (Fsp3) is 0.100.